The number of nitrogens with zero attached hydrogens (tertiary/aromatic N) is 3. The highest BCUT2D eigenvalue weighted by atomic mass is 32.1. The maximum atomic E-state index is 11.8. The molecule has 1 aromatic heterocycles. The molecule has 0 saturated carbocycles. The maximum Gasteiger partial charge on any atom is 0.428 e. The van der Waals surface area contributed by atoms with E-state index in [1.807, 2.05) is 0 Å². The van der Waals surface area contributed by atoms with E-state index in [1.54, 1.807) is 7.05 Å². The predicted molar refractivity (Wildman–Crippen MR) is 36.7 cm³/mol. The van der Waals surface area contributed by atoms with E-state index in [2.05, 4.69) is 17.7 Å². The van der Waals surface area contributed by atoms with Gasteiger partial charge in [0.15, 0.2) is 0 Å². The van der Waals surface area contributed by atoms with E-state index in [1.165, 1.54) is 10.9 Å². The van der Waals surface area contributed by atoms with Crippen LogP contribution in [0.15, 0.2) is 11.5 Å². The van der Waals surface area contributed by atoms with Crippen LogP contribution in [0, 0.1) is 0 Å². The highest BCUT2D eigenvalue weighted by Gasteiger charge is 2.32. The fraction of sp³-hybridized carbons (Fsp3) is 0.600. The topological polar surface area (TPSA) is 21.7 Å². The lowest BCUT2D eigenvalue weighted by molar-refractivity contribution is -0.772. The summed E-state index contributed by atoms with van der Waals surface area (Å²) in [6.07, 6.45) is -3.00. The molecule has 1 aromatic rings. The maximum absolute atomic E-state index is 11.8. The van der Waals surface area contributed by atoms with Gasteiger partial charge in [-0.05, 0) is 5.10 Å². The van der Waals surface area contributed by atoms with Gasteiger partial charge in [-0.3, -0.25) is 0 Å². The Morgan fingerprint density at radius 3 is 2.58 bits per heavy atom. The lowest BCUT2D eigenvalue weighted by Gasteiger charge is -1.99. The molecule has 0 amide bonds. The van der Waals surface area contributed by atoms with Crippen molar-refractivity contribution in [2.24, 2.45) is 7.05 Å². The molecule has 68 valence electrons. The quantitative estimate of drug-likeness (QED) is 0.516. The first kappa shape index (κ1) is 9.37. The van der Waals surface area contributed by atoms with Crippen molar-refractivity contribution in [3.63, 3.8) is 0 Å². The Kier molecular flexibility index (Phi) is 2.31. The Morgan fingerprint density at radius 1 is 1.67 bits per heavy atom. The molecule has 12 heavy (non-hydrogen) atoms. The number of hydrogen-bond acceptors (Lipinski definition) is 2. The number of halogens is 3. The second kappa shape index (κ2) is 2.96. The fourth-order valence-electron chi connectivity index (χ4n) is 0.723. The Morgan fingerprint density at radius 2 is 2.25 bits per heavy atom. The second-order valence-electron chi connectivity index (χ2n) is 2.34. The van der Waals surface area contributed by atoms with E-state index in [0.717, 1.165) is 4.68 Å². The summed E-state index contributed by atoms with van der Waals surface area (Å²) in [5.41, 5.74) is 0. The molecule has 0 bridgehead atoms. The zero-order chi connectivity index (χ0) is 9.35. The molecular weight excluding hydrogens is 191 g/mol. The van der Waals surface area contributed by atoms with Gasteiger partial charge in [-0.1, -0.05) is 12.6 Å². The summed E-state index contributed by atoms with van der Waals surface area (Å²) in [7, 11) is 1.57. The molecule has 0 radical (unpaired) electrons. The molecule has 0 unspecified atom stereocenters. The number of thiol groups is 1. The molecule has 0 aliphatic rings. The number of hydrogen-bond donors (Lipinski definition) is 1. The molecule has 1 rings (SSSR count). The SMILES string of the molecule is Cn1c[n+](CC(F)(F)F)nc1S. The average Bonchev–Trinajstić information content (AvgIpc) is 2.07. The highest BCUT2D eigenvalue weighted by Crippen LogP contribution is 2.13. The van der Waals surface area contributed by atoms with Gasteiger partial charge in [0.2, 0.25) is 6.54 Å². The summed E-state index contributed by atoms with van der Waals surface area (Å²) in [4.78, 5) is 0. The third-order valence-corrected chi connectivity index (χ3v) is 1.59. The summed E-state index contributed by atoms with van der Waals surface area (Å²) in [5.74, 6) is 0. The van der Waals surface area contributed by atoms with Crippen LogP contribution in [0.4, 0.5) is 13.2 Å². The van der Waals surface area contributed by atoms with Crippen LogP contribution in [-0.4, -0.2) is 15.8 Å². The molecule has 0 aromatic carbocycles. The van der Waals surface area contributed by atoms with Crippen molar-refractivity contribution in [3.05, 3.63) is 6.33 Å². The molecule has 1 heterocycles. The van der Waals surface area contributed by atoms with E-state index < -0.39 is 12.7 Å². The minimum absolute atomic E-state index is 0.249. The monoisotopic (exact) mass is 198 g/mol. The van der Waals surface area contributed by atoms with Crippen LogP contribution in [0.1, 0.15) is 0 Å². The van der Waals surface area contributed by atoms with E-state index in [-0.39, 0.29) is 5.16 Å². The Labute approximate surface area is 72.2 Å². The Balaban J connectivity index is 2.77. The number of rotatable bonds is 1. The minimum Gasteiger partial charge on any atom is -0.210 e. The molecule has 0 aliphatic heterocycles. The van der Waals surface area contributed by atoms with Crippen molar-refractivity contribution >= 4 is 12.6 Å². The zero-order valence-corrected chi connectivity index (χ0v) is 7.10. The third kappa shape index (κ3) is 2.40. The van der Waals surface area contributed by atoms with Gasteiger partial charge in [0.25, 0.3) is 11.5 Å². The van der Waals surface area contributed by atoms with Crippen LogP contribution >= 0.6 is 12.6 Å². The largest absolute Gasteiger partial charge is 0.428 e. The van der Waals surface area contributed by atoms with Crippen molar-refractivity contribution in [1.29, 1.82) is 0 Å². The van der Waals surface area contributed by atoms with Crippen molar-refractivity contribution in [1.82, 2.24) is 9.67 Å². The predicted octanol–water partition coefficient (Wildman–Crippen LogP) is 0.559. The van der Waals surface area contributed by atoms with Gasteiger partial charge in [-0.25, -0.2) is 4.57 Å². The van der Waals surface area contributed by atoms with Crippen molar-refractivity contribution in [2.75, 3.05) is 0 Å². The third-order valence-electron chi connectivity index (χ3n) is 1.18. The van der Waals surface area contributed by atoms with Gasteiger partial charge < -0.3 is 0 Å². The fourth-order valence-corrected chi connectivity index (χ4v) is 0.889. The van der Waals surface area contributed by atoms with Crippen LogP contribution in [0.3, 0.4) is 0 Å². The molecule has 0 N–H and O–H groups in total. The molecular formula is C5H7F3N3S+. The van der Waals surface area contributed by atoms with Crippen molar-refractivity contribution < 1.29 is 17.9 Å². The van der Waals surface area contributed by atoms with Gasteiger partial charge in [0.1, 0.15) is 0 Å². The molecule has 0 saturated heterocycles. The Bertz CT molecular complexity index is 260. The summed E-state index contributed by atoms with van der Waals surface area (Å²) < 4.78 is 37.6. The number of alkyl halides is 3. The van der Waals surface area contributed by atoms with E-state index in [0.29, 0.717) is 0 Å². The summed E-state index contributed by atoms with van der Waals surface area (Å²) in [6, 6.07) is 0. The lowest BCUT2D eigenvalue weighted by atomic mass is 10.6. The van der Waals surface area contributed by atoms with Gasteiger partial charge in [0, 0.05) is 0 Å². The number of aromatic nitrogens is 3. The molecule has 0 spiro atoms. The smallest absolute Gasteiger partial charge is 0.210 e. The highest BCUT2D eigenvalue weighted by molar-refractivity contribution is 7.80. The first-order valence-electron chi connectivity index (χ1n) is 3.07. The molecule has 0 fully saturated rings. The van der Waals surface area contributed by atoms with Crippen molar-refractivity contribution in [3.8, 4) is 0 Å². The normalized spacial score (nSPS) is 12.1. The van der Waals surface area contributed by atoms with Gasteiger partial charge >= 0.3 is 6.18 Å². The van der Waals surface area contributed by atoms with Crippen LogP contribution in [0.25, 0.3) is 0 Å². The van der Waals surface area contributed by atoms with Crippen LogP contribution in [0.5, 0.6) is 0 Å². The molecule has 0 atom stereocenters. The first-order valence-corrected chi connectivity index (χ1v) is 3.52. The summed E-state index contributed by atoms with van der Waals surface area (Å²) >= 11 is 3.83. The Hall–Kier alpha value is -0.720. The molecule has 7 heteroatoms. The summed E-state index contributed by atoms with van der Waals surface area (Å²) in [6.45, 7) is -1.08. The van der Waals surface area contributed by atoms with E-state index >= 15 is 0 Å². The van der Waals surface area contributed by atoms with E-state index in [9.17, 15) is 13.2 Å². The van der Waals surface area contributed by atoms with Gasteiger partial charge in [-0.2, -0.15) is 13.2 Å². The van der Waals surface area contributed by atoms with Crippen LogP contribution in [0.2, 0.25) is 0 Å². The average molecular weight is 198 g/mol. The first-order chi connectivity index (χ1) is 5.38. The lowest BCUT2D eigenvalue weighted by Crippen LogP contribution is -2.42. The van der Waals surface area contributed by atoms with Gasteiger partial charge in [-0.15, -0.1) is 4.68 Å². The summed E-state index contributed by atoms with van der Waals surface area (Å²) in [5, 5.41) is 3.77. The molecule has 3 nitrogen and oxygen atoms in total. The minimum atomic E-state index is -4.24. The van der Waals surface area contributed by atoms with Crippen molar-refractivity contribution in [2.45, 2.75) is 17.9 Å². The van der Waals surface area contributed by atoms with Crippen LogP contribution < -0.4 is 4.68 Å². The standard InChI is InChI=1S/C5H6F3N3S/c1-10-3-11(9-4(10)12)2-5(6,7)8/h3H,2H2,1H3/p+1. The number of aryl methyl sites for hydroxylation is 1. The second-order valence-corrected chi connectivity index (χ2v) is 2.74. The zero-order valence-electron chi connectivity index (χ0n) is 6.21. The van der Waals surface area contributed by atoms with Gasteiger partial charge in [0.05, 0.1) is 7.05 Å². The molecule has 0 aliphatic carbocycles. The van der Waals surface area contributed by atoms with Crippen LogP contribution in [-0.2, 0) is 13.6 Å². The van der Waals surface area contributed by atoms with E-state index in [4.69, 9.17) is 0 Å².